The van der Waals surface area contributed by atoms with Crippen LogP contribution in [0.1, 0.15) is 31.1 Å². The Morgan fingerprint density at radius 1 is 0.629 bits per heavy atom. The molecule has 70 heavy (non-hydrogen) atoms. The lowest BCUT2D eigenvalue weighted by molar-refractivity contribution is 0.311. The Morgan fingerprint density at radius 2 is 1.16 bits per heavy atom. The van der Waals surface area contributed by atoms with Gasteiger partial charge in [0, 0.05) is 41.9 Å². The van der Waals surface area contributed by atoms with Crippen molar-refractivity contribution >= 4 is 50.7 Å². The summed E-state index contributed by atoms with van der Waals surface area (Å²) in [7, 11) is 3.27. The molecule has 0 radical (unpaired) electrons. The van der Waals surface area contributed by atoms with E-state index in [1.807, 2.05) is 48.5 Å². The molecule has 358 valence electrons. The van der Waals surface area contributed by atoms with Gasteiger partial charge >= 0.3 is 0 Å². The monoisotopic (exact) mass is 952 g/mol. The Hall–Kier alpha value is -8.60. The molecule has 6 heterocycles. The molecule has 1 unspecified atom stereocenters. The third-order valence-corrected chi connectivity index (χ3v) is 10.7. The summed E-state index contributed by atoms with van der Waals surface area (Å²) in [6, 6.07) is 24.5. The number of anilines is 3. The van der Waals surface area contributed by atoms with Crippen LogP contribution in [0.3, 0.4) is 0 Å². The van der Waals surface area contributed by atoms with Gasteiger partial charge in [0.1, 0.15) is 51.9 Å². The number of aliphatic hydroxyl groups is 1. The molecule has 1 atom stereocenters. The standard InChI is InChI=1S/C17H10F3N5.C17H22N6O.C14H15N5O2/c18-9-4-6-10(7-5-9)22-17-21-8-11-15(24-25-16(11)23-17)14-12(19)2-1-3-13(14)20;1-24-14-8-3-2-6-11(14)15-12-10-20-17(21-16(12)23-22-15)13(19)7-4-5-9-18;1-21-11-5-3-2-4-9(11)12-10-8-16-14(15-6-7-20)17-13(10)19-18-12/h1-8H,(H2,21,22,23,24,25);2-3,6,8,10,13H,4-5,7,9,18-19H2,1H3,(H,20,21,22,23);2-5,8,20H,6-7H2,1H3,(H2,15,16,17,18,19). The van der Waals surface area contributed by atoms with E-state index in [1.54, 1.807) is 26.6 Å². The molecule has 0 aliphatic carbocycles. The van der Waals surface area contributed by atoms with Crippen molar-refractivity contribution in [3.63, 3.8) is 0 Å². The summed E-state index contributed by atoms with van der Waals surface area (Å²) < 4.78 is 51.6. The van der Waals surface area contributed by atoms with Crippen molar-refractivity contribution < 1.29 is 27.8 Å². The van der Waals surface area contributed by atoms with Crippen molar-refractivity contribution in [1.82, 2.24) is 60.5 Å². The molecule has 10 rings (SSSR count). The van der Waals surface area contributed by atoms with E-state index in [4.69, 9.17) is 26.0 Å². The molecule has 0 aliphatic heterocycles. The number of methoxy groups -OCH3 is 2. The number of hydrogen-bond acceptors (Lipinski definition) is 16. The molecule has 0 aliphatic rings. The van der Waals surface area contributed by atoms with Crippen molar-refractivity contribution in [2.24, 2.45) is 11.5 Å². The second-order valence-electron chi connectivity index (χ2n) is 15.3. The van der Waals surface area contributed by atoms with Gasteiger partial charge in [-0.05, 0) is 80.1 Å². The third-order valence-electron chi connectivity index (χ3n) is 10.7. The van der Waals surface area contributed by atoms with Gasteiger partial charge in [-0.15, -0.1) is 0 Å². The first-order valence-corrected chi connectivity index (χ1v) is 21.9. The summed E-state index contributed by atoms with van der Waals surface area (Å²) in [5.74, 6) is 1.02. The maximum atomic E-state index is 14.0. The Balaban J connectivity index is 0.000000142. The van der Waals surface area contributed by atoms with Crippen molar-refractivity contribution in [2.45, 2.75) is 25.3 Å². The molecule has 0 saturated heterocycles. The SMILES string of the molecule is COc1ccccc1-c1n[nH]c2nc(C(N)CCCCN)ncc12.COc1ccccc1-c1n[nH]c2nc(NCCO)ncc12.Fc1ccc(Nc2ncc3c(-c4c(F)cccc4F)n[nH]c3n2)cc1. The largest absolute Gasteiger partial charge is 0.496 e. The van der Waals surface area contributed by atoms with Gasteiger partial charge in [-0.2, -0.15) is 25.3 Å². The summed E-state index contributed by atoms with van der Waals surface area (Å²) in [6.07, 6.45) is 7.63. The topological polar surface area (TPSA) is 278 Å². The van der Waals surface area contributed by atoms with Gasteiger partial charge in [0.05, 0.1) is 48.6 Å². The normalized spacial score (nSPS) is 11.4. The maximum Gasteiger partial charge on any atom is 0.229 e. The number of nitrogens with zero attached hydrogens (tertiary/aromatic N) is 9. The summed E-state index contributed by atoms with van der Waals surface area (Å²) in [4.78, 5) is 25.8. The fraction of sp³-hybridized carbons (Fsp3) is 0.188. The summed E-state index contributed by atoms with van der Waals surface area (Å²) in [5, 5.41) is 37.8. The van der Waals surface area contributed by atoms with E-state index in [0.717, 1.165) is 76.2 Å². The van der Waals surface area contributed by atoms with Crippen LogP contribution >= 0.6 is 0 Å². The minimum absolute atomic E-state index is 0.0246. The number of nitrogens with one attached hydrogen (secondary N) is 5. The lowest BCUT2D eigenvalue weighted by Crippen LogP contribution is -2.14. The van der Waals surface area contributed by atoms with E-state index >= 15 is 0 Å². The van der Waals surface area contributed by atoms with Gasteiger partial charge in [0.2, 0.25) is 11.9 Å². The number of rotatable bonds is 15. The second-order valence-corrected chi connectivity index (χ2v) is 15.3. The first-order valence-electron chi connectivity index (χ1n) is 21.9. The Bertz CT molecular complexity index is 3310. The number of aliphatic hydroxyl groups excluding tert-OH is 1. The maximum absolute atomic E-state index is 14.0. The minimum Gasteiger partial charge on any atom is -0.496 e. The van der Waals surface area contributed by atoms with Gasteiger partial charge in [-0.25, -0.2) is 33.1 Å². The third kappa shape index (κ3) is 10.9. The van der Waals surface area contributed by atoms with E-state index in [9.17, 15) is 13.2 Å². The number of halogens is 3. The van der Waals surface area contributed by atoms with Crippen LogP contribution in [0.25, 0.3) is 66.9 Å². The van der Waals surface area contributed by atoms with Crippen LogP contribution in [-0.2, 0) is 0 Å². The molecule has 22 heteroatoms. The van der Waals surface area contributed by atoms with Crippen LogP contribution in [-0.4, -0.2) is 99.5 Å². The van der Waals surface area contributed by atoms with Crippen LogP contribution in [0.5, 0.6) is 11.5 Å². The summed E-state index contributed by atoms with van der Waals surface area (Å²) in [5.41, 5.74) is 17.1. The highest BCUT2D eigenvalue weighted by molar-refractivity contribution is 5.93. The number of ether oxygens (including phenoxy) is 2. The number of nitrogens with two attached hydrogens (primary N) is 2. The first kappa shape index (κ1) is 47.9. The number of aromatic nitrogens is 12. The highest BCUT2D eigenvalue weighted by Gasteiger charge is 2.20. The molecule has 0 amide bonds. The zero-order valence-electron chi connectivity index (χ0n) is 37.8. The summed E-state index contributed by atoms with van der Waals surface area (Å²) in [6.45, 7) is 1.10. The van der Waals surface area contributed by atoms with Crippen molar-refractivity contribution in [1.29, 1.82) is 0 Å². The molecule has 4 aromatic carbocycles. The summed E-state index contributed by atoms with van der Waals surface area (Å²) >= 11 is 0. The first-order chi connectivity index (χ1) is 34.2. The molecular formula is C48H47F3N16O3. The predicted octanol–water partition coefficient (Wildman–Crippen LogP) is 7.77. The van der Waals surface area contributed by atoms with E-state index in [0.29, 0.717) is 52.9 Å². The average Bonchev–Trinajstić information content (AvgIpc) is 4.13. The quantitative estimate of drug-likeness (QED) is 0.0456. The average molecular weight is 953 g/mol. The smallest absolute Gasteiger partial charge is 0.229 e. The number of hydrogen-bond donors (Lipinski definition) is 8. The zero-order chi connectivity index (χ0) is 49.0. The second kappa shape index (κ2) is 22.5. The van der Waals surface area contributed by atoms with E-state index in [2.05, 4.69) is 71.1 Å². The fourth-order valence-electron chi connectivity index (χ4n) is 7.24. The highest BCUT2D eigenvalue weighted by atomic mass is 19.1. The Morgan fingerprint density at radius 3 is 1.74 bits per heavy atom. The van der Waals surface area contributed by atoms with E-state index in [1.165, 1.54) is 36.5 Å². The van der Waals surface area contributed by atoms with Crippen LogP contribution in [0.2, 0.25) is 0 Å². The number of fused-ring (bicyclic) bond motifs is 3. The van der Waals surface area contributed by atoms with Gasteiger partial charge in [0.15, 0.2) is 16.9 Å². The molecule has 0 spiro atoms. The number of unbranched alkanes of at least 4 members (excludes halogenated alkanes) is 1. The number of H-pyrrole nitrogens is 3. The van der Waals surface area contributed by atoms with Gasteiger partial charge in [-0.1, -0.05) is 36.8 Å². The van der Waals surface area contributed by atoms with Crippen molar-refractivity contribution in [3.8, 4) is 45.3 Å². The van der Waals surface area contributed by atoms with Gasteiger partial charge in [0.25, 0.3) is 0 Å². The van der Waals surface area contributed by atoms with Crippen LogP contribution in [0.4, 0.5) is 30.8 Å². The molecular weight excluding hydrogens is 906 g/mol. The molecule has 10 N–H and O–H groups in total. The number of benzene rings is 4. The molecule has 10 aromatic rings. The molecule has 0 saturated carbocycles. The van der Waals surface area contributed by atoms with E-state index < -0.39 is 11.6 Å². The van der Waals surface area contributed by atoms with Crippen molar-refractivity contribution in [3.05, 3.63) is 133 Å². The van der Waals surface area contributed by atoms with Gasteiger partial charge < -0.3 is 36.7 Å². The molecule has 0 fully saturated rings. The molecule has 6 aromatic heterocycles. The lowest BCUT2D eigenvalue weighted by atomic mass is 10.1. The van der Waals surface area contributed by atoms with Gasteiger partial charge in [-0.3, -0.25) is 15.3 Å². The zero-order valence-corrected chi connectivity index (χ0v) is 37.8. The number of para-hydroxylation sites is 2. The lowest BCUT2D eigenvalue weighted by Gasteiger charge is -2.09. The highest BCUT2D eigenvalue weighted by Crippen LogP contribution is 2.35. The van der Waals surface area contributed by atoms with E-state index in [-0.39, 0.29) is 35.7 Å². The fourth-order valence-corrected chi connectivity index (χ4v) is 7.24. The van der Waals surface area contributed by atoms with Crippen molar-refractivity contribution in [2.75, 3.05) is 44.5 Å². The predicted molar refractivity (Wildman–Crippen MR) is 259 cm³/mol. The Labute approximate surface area is 397 Å². The molecule has 0 bridgehead atoms. The Kier molecular flexibility index (Phi) is 15.4. The van der Waals surface area contributed by atoms with Crippen LogP contribution < -0.4 is 31.6 Å². The van der Waals surface area contributed by atoms with Crippen LogP contribution in [0, 0.1) is 17.5 Å². The number of aromatic amines is 3. The van der Waals surface area contributed by atoms with Crippen LogP contribution in [0.15, 0.2) is 110 Å². The molecule has 19 nitrogen and oxygen atoms in total. The minimum atomic E-state index is -0.720.